The number of hydrogen-bond donors (Lipinski definition) is 4. The van der Waals surface area contributed by atoms with Crippen molar-refractivity contribution in [3.8, 4) is 23.0 Å². The molecule has 0 atom stereocenters. The number of ketones is 2. The number of hydrogen-bond acceptors (Lipinski definition) is 12. The zero-order chi connectivity index (χ0) is 43.9. The molecule has 315 valence electrons. The molecule has 6 rings (SSSR count). The van der Waals surface area contributed by atoms with Crippen molar-refractivity contribution in [2.75, 3.05) is 13.2 Å². The fourth-order valence-corrected chi connectivity index (χ4v) is 4.81. The van der Waals surface area contributed by atoms with Crippen molar-refractivity contribution < 1.29 is 76.1 Å². The number of benzene rings is 6. The van der Waals surface area contributed by atoms with Gasteiger partial charge in [0, 0.05) is 47.6 Å². The molecule has 0 aliphatic heterocycles. The smallest absolute Gasteiger partial charge is 0.872 e. The SMILES string of the molecule is CCO.CCO.O=C(/C=C(\[O-])c1ccc(OC(=O)c2ccccc2)cc1O)c1ccccc1.O=C(/C=C(\[O-])c1ccc(OC(=O)c2ccccc2)cc1O)c1ccccc1.[Co+2]. The molecule has 0 saturated carbocycles. The predicted molar refractivity (Wildman–Crippen MR) is 222 cm³/mol. The van der Waals surface area contributed by atoms with E-state index in [1.165, 1.54) is 24.3 Å². The van der Waals surface area contributed by atoms with Crippen LogP contribution in [-0.2, 0) is 16.8 Å². The Kier molecular flexibility index (Phi) is 21.8. The Morgan fingerprint density at radius 1 is 0.475 bits per heavy atom. The molecule has 0 spiro atoms. The first kappa shape index (κ1) is 49.9. The van der Waals surface area contributed by atoms with E-state index >= 15 is 0 Å². The topological polar surface area (TPSA) is 214 Å². The van der Waals surface area contributed by atoms with Crippen LogP contribution in [0.4, 0.5) is 0 Å². The summed E-state index contributed by atoms with van der Waals surface area (Å²) in [6.45, 7) is 3.86. The van der Waals surface area contributed by atoms with E-state index in [-0.39, 0.29) is 64.1 Å². The van der Waals surface area contributed by atoms with Gasteiger partial charge in [-0.2, -0.15) is 0 Å². The molecule has 0 aliphatic rings. The van der Waals surface area contributed by atoms with Crippen molar-refractivity contribution in [1.82, 2.24) is 0 Å². The summed E-state index contributed by atoms with van der Waals surface area (Å²) in [7, 11) is 0. The molecule has 0 saturated heterocycles. The van der Waals surface area contributed by atoms with Crippen LogP contribution < -0.4 is 19.7 Å². The molecule has 0 aliphatic carbocycles. The number of esters is 2. The Morgan fingerprint density at radius 3 is 1.00 bits per heavy atom. The first-order valence-electron chi connectivity index (χ1n) is 18.3. The third-order valence-electron chi connectivity index (χ3n) is 7.55. The van der Waals surface area contributed by atoms with Crippen molar-refractivity contribution in [2.24, 2.45) is 0 Å². The predicted octanol–water partition coefficient (Wildman–Crippen LogP) is 6.39. The first-order valence-corrected chi connectivity index (χ1v) is 18.3. The van der Waals surface area contributed by atoms with E-state index in [2.05, 4.69) is 0 Å². The zero-order valence-corrected chi connectivity index (χ0v) is 34.0. The van der Waals surface area contributed by atoms with Crippen LogP contribution in [0.25, 0.3) is 11.5 Å². The summed E-state index contributed by atoms with van der Waals surface area (Å²) in [5.41, 5.74) is 1.35. The maximum Gasteiger partial charge on any atom is 2.00 e. The zero-order valence-electron chi connectivity index (χ0n) is 33.0. The van der Waals surface area contributed by atoms with Crippen molar-refractivity contribution >= 4 is 35.0 Å². The molecule has 0 fully saturated rings. The van der Waals surface area contributed by atoms with Crippen LogP contribution in [0, 0.1) is 0 Å². The normalized spacial score (nSPS) is 10.4. The molecule has 12 nitrogen and oxygen atoms in total. The van der Waals surface area contributed by atoms with Crippen LogP contribution in [-0.4, -0.2) is 57.1 Å². The van der Waals surface area contributed by atoms with Crippen LogP contribution in [0.1, 0.15) is 66.4 Å². The van der Waals surface area contributed by atoms with Gasteiger partial charge in [-0.25, -0.2) is 9.59 Å². The first-order chi connectivity index (χ1) is 28.9. The van der Waals surface area contributed by atoms with E-state index in [9.17, 15) is 39.6 Å². The Morgan fingerprint density at radius 2 is 0.738 bits per heavy atom. The molecule has 4 N–H and O–H groups in total. The molecule has 0 bridgehead atoms. The Balaban J connectivity index is 0.000000367. The maximum atomic E-state index is 12.3. The van der Waals surface area contributed by atoms with Gasteiger partial charge in [-0.1, -0.05) is 109 Å². The number of aromatic hydroxyl groups is 2. The van der Waals surface area contributed by atoms with Crippen molar-refractivity contribution in [2.45, 2.75) is 13.8 Å². The number of allylic oxidation sites excluding steroid dienone is 2. The molecular weight excluding hydrogens is 827 g/mol. The van der Waals surface area contributed by atoms with Gasteiger partial charge in [0.25, 0.3) is 0 Å². The van der Waals surface area contributed by atoms with Gasteiger partial charge in [0.05, 0.1) is 11.1 Å². The second kappa shape index (κ2) is 26.7. The standard InChI is InChI=1S/2C22H16O5.2C2H6O.Co/c2*23-19(15-7-3-1-4-8-15)14-21(25)18-12-11-17(13-20(18)24)27-22(26)16-9-5-2-6-10-16;2*1-2-3;/h2*1-14,24-25H;2*3H,2H2,1H3;/q;;;;+2/p-2/b2*21-14-;;;. The molecule has 0 heterocycles. The minimum Gasteiger partial charge on any atom is -0.872 e. The van der Waals surface area contributed by atoms with Gasteiger partial charge in [0.15, 0.2) is 11.6 Å². The van der Waals surface area contributed by atoms with Gasteiger partial charge in [-0.05, 0) is 74.5 Å². The second-order valence-electron chi connectivity index (χ2n) is 12.0. The third kappa shape index (κ3) is 16.5. The van der Waals surface area contributed by atoms with Gasteiger partial charge in [0.2, 0.25) is 0 Å². The van der Waals surface area contributed by atoms with Crippen LogP contribution in [0.5, 0.6) is 23.0 Å². The molecule has 13 heteroatoms. The second-order valence-corrected chi connectivity index (χ2v) is 12.0. The van der Waals surface area contributed by atoms with E-state index in [4.69, 9.17) is 19.7 Å². The van der Waals surface area contributed by atoms with Crippen LogP contribution >= 0.6 is 0 Å². The largest absolute Gasteiger partial charge is 2.00 e. The number of carbonyl (C=O) groups is 4. The summed E-state index contributed by atoms with van der Waals surface area (Å²) in [6, 6.07) is 41.2. The molecule has 0 aromatic heterocycles. The molecule has 6 aromatic rings. The van der Waals surface area contributed by atoms with Gasteiger partial charge < -0.3 is 40.1 Å². The van der Waals surface area contributed by atoms with Gasteiger partial charge in [-0.3, -0.25) is 9.59 Å². The molecule has 61 heavy (non-hydrogen) atoms. The third-order valence-corrected chi connectivity index (χ3v) is 7.55. The quantitative estimate of drug-likeness (QED) is 0.0388. The number of carbonyl (C=O) groups excluding carboxylic acids is 4. The van der Waals surface area contributed by atoms with E-state index in [1.807, 2.05) is 0 Å². The van der Waals surface area contributed by atoms with Crippen LogP contribution in [0.3, 0.4) is 0 Å². The van der Waals surface area contributed by atoms with E-state index in [0.29, 0.717) is 22.3 Å². The van der Waals surface area contributed by atoms with Crippen molar-refractivity contribution in [3.05, 3.63) is 203 Å². The van der Waals surface area contributed by atoms with Crippen molar-refractivity contribution in [3.63, 3.8) is 0 Å². The summed E-state index contributed by atoms with van der Waals surface area (Å²) in [5, 5.41) is 59.8. The number of phenols is 2. The molecule has 0 amide bonds. The van der Waals surface area contributed by atoms with Gasteiger partial charge >= 0.3 is 28.7 Å². The van der Waals surface area contributed by atoms with Crippen molar-refractivity contribution in [1.29, 1.82) is 0 Å². The van der Waals surface area contributed by atoms with Crippen LogP contribution in [0.15, 0.2) is 170 Å². The molecule has 0 unspecified atom stereocenters. The van der Waals surface area contributed by atoms with Crippen LogP contribution in [0.2, 0.25) is 0 Å². The van der Waals surface area contributed by atoms with Gasteiger partial charge in [-0.15, -0.1) is 0 Å². The Bertz CT molecular complexity index is 2200. The Labute approximate surface area is 363 Å². The van der Waals surface area contributed by atoms with Gasteiger partial charge in [0.1, 0.15) is 23.0 Å². The maximum absolute atomic E-state index is 12.3. The monoisotopic (exact) mass is 869 g/mol. The van der Waals surface area contributed by atoms with E-state index < -0.39 is 35.0 Å². The number of ether oxygens (including phenoxy) is 2. The summed E-state index contributed by atoms with van der Waals surface area (Å²) < 4.78 is 10.4. The number of rotatable bonds is 10. The number of phenolic OH excluding ortho intramolecular Hbond substituents is 2. The average molecular weight is 870 g/mol. The minimum atomic E-state index is -0.637. The number of aliphatic hydroxyl groups excluding tert-OH is 2. The fraction of sp³-hybridized carbons (Fsp3) is 0.0833. The molecule has 1 radical (unpaired) electrons. The Hall–Kier alpha value is -7.29. The summed E-state index contributed by atoms with van der Waals surface area (Å²) in [4.78, 5) is 48.2. The fourth-order valence-electron chi connectivity index (χ4n) is 4.81. The summed E-state index contributed by atoms with van der Waals surface area (Å²) in [6.07, 6.45) is 1.83. The van der Waals surface area contributed by atoms with E-state index in [0.717, 1.165) is 24.3 Å². The summed E-state index contributed by atoms with van der Waals surface area (Å²) >= 11 is 0. The molecule has 6 aromatic carbocycles. The molecular formula is C48H42CoO12. The summed E-state index contributed by atoms with van der Waals surface area (Å²) in [5.74, 6) is -3.94. The minimum absolute atomic E-state index is 0. The van der Waals surface area contributed by atoms with E-state index in [1.54, 1.807) is 135 Å². The average Bonchev–Trinajstić information content (AvgIpc) is 3.25. The number of aliphatic hydroxyl groups is 2.